The van der Waals surface area contributed by atoms with Gasteiger partial charge in [-0.15, -0.1) is 13.0 Å². The van der Waals surface area contributed by atoms with Crippen molar-refractivity contribution in [1.29, 1.82) is 0 Å². The zero-order valence-corrected chi connectivity index (χ0v) is 11.4. The minimum absolute atomic E-state index is 0.0863. The molecule has 0 aromatic carbocycles. The summed E-state index contributed by atoms with van der Waals surface area (Å²) in [5.41, 5.74) is 0. The van der Waals surface area contributed by atoms with Gasteiger partial charge in [-0.3, -0.25) is 0 Å². The molecule has 0 radical (unpaired) electrons. The van der Waals surface area contributed by atoms with Gasteiger partial charge in [0.15, 0.2) is 8.32 Å². The summed E-state index contributed by atoms with van der Waals surface area (Å²) in [5.74, 6) is 2.47. The lowest BCUT2D eigenvalue weighted by Gasteiger charge is -2.38. The molecule has 3 heteroatoms. The Bertz CT molecular complexity index is 258. The fourth-order valence-electron chi connectivity index (χ4n) is 0.820. The van der Waals surface area contributed by atoms with Crippen molar-refractivity contribution < 1.29 is 9.53 Å². The van der Waals surface area contributed by atoms with E-state index in [0.717, 1.165) is 0 Å². The molecule has 0 aromatic heterocycles. The van der Waals surface area contributed by atoms with Crippen LogP contribution in [0.1, 0.15) is 20.8 Å². The molecule has 2 nitrogen and oxygen atoms in total. The second-order valence-electron chi connectivity index (χ2n) is 5.19. The minimum Gasteiger partial charge on any atom is -0.401 e. The van der Waals surface area contributed by atoms with E-state index in [2.05, 4.69) is 46.4 Å². The Labute approximate surface area is 94.5 Å². The van der Waals surface area contributed by atoms with E-state index in [9.17, 15) is 5.11 Å². The maximum atomic E-state index is 9.58. The smallest absolute Gasteiger partial charge is 0.193 e. The van der Waals surface area contributed by atoms with Gasteiger partial charge in [-0.2, -0.15) is 0 Å². The molecule has 0 aliphatic rings. The van der Waals surface area contributed by atoms with E-state index >= 15 is 0 Å². The Hall–Kier alpha value is -0.563. The highest BCUT2D eigenvalue weighted by atomic mass is 28.4. The van der Waals surface area contributed by atoms with Crippen molar-refractivity contribution in [2.24, 2.45) is 0 Å². The first-order valence-electron chi connectivity index (χ1n) is 5.10. The normalized spacial score (nSPS) is 16.6. The molecule has 2 atom stereocenters. The minimum atomic E-state index is -1.92. The number of aliphatic hydroxyl groups excluding tert-OH is 1. The first-order chi connectivity index (χ1) is 6.65. The lowest BCUT2D eigenvalue weighted by molar-refractivity contribution is 0.0936. The molecule has 0 bridgehead atoms. The Morgan fingerprint density at radius 3 is 2.20 bits per heavy atom. The SMILES string of the molecule is C#C[C@H](O[Si](C)(C)C(C)(C)C)[C@@H](O)C=C. The van der Waals surface area contributed by atoms with Crippen molar-refractivity contribution in [2.45, 2.75) is 51.1 Å². The predicted molar refractivity (Wildman–Crippen MR) is 67.1 cm³/mol. The first-order valence-corrected chi connectivity index (χ1v) is 8.01. The van der Waals surface area contributed by atoms with Crippen LogP contribution in [0.25, 0.3) is 0 Å². The van der Waals surface area contributed by atoms with E-state index in [1.54, 1.807) is 0 Å². The summed E-state index contributed by atoms with van der Waals surface area (Å²) in [6.07, 6.45) is 5.39. The van der Waals surface area contributed by atoms with Crippen molar-refractivity contribution >= 4 is 8.32 Å². The van der Waals surface area contributed by atoms with Crippen LogP contribution in [-0.4, -0.2) is 25.6 Å². The molecule has 0 aliphatic carbocycles. The third-order valence-electron chi connectivity index (χ3n) is 2.94. The van der Waals surface area contributed by atoms with E-state index in [-0.39, 0.29) is 5.04 Å². The van der Waals surface area contributed by atoms with Crippen LogP contribution in [0.15, 0.2) is 12.7 Å². The van der Waals surface area contributed by atoms with Gasteiger partial charge in [-0.05, 0) is 18.1 Å². The Morgan fingerprint density at radius 2 is 1.93 bits per heavy atom. The standard InChI is InChI=1S/C12H22O2Si/c1-8-10(13)11(9-2)14-15(6,7)12(3,4)5/h2,8,10-11,13H,1H2,3-7H3/t10-,11-/m0/s1. The fraction of sp³-hybridized carbons (Fsp3) is 0.667. The molecule has 0 heterocycles. The van der Waals surface area contributed by atoms with Crippen LogP contribution in [0.4, 0.5) is 0 Å². The maximum absolute atomic E-state index is 9.58. The van der Waals surface area contributed by atoms with E-state index in [1.807, 2.05) is 0 Å². The number of terminal acetylenes is 1. The van der Waals surface area contributed by atoms with Gasteiger partial charge in [-0.25, -0.2) is 0 Å². The molecular formula is C12H22O2Si. The number of aliphatic hydroxyl groups is 1. The van der Waals surface area contributed by atoms with Gasteiger partial charge in [0.05, 0.1) is 0 Å². The molecule has 0 amide bonds. The maximum Gasteiger partial charge on any atom is 0.193 e. The van der Waals surface area contributed by atoms with Crippen LogP contribution >= 0.6 is 0 Å². The third kappa shape index (κ3) is 3.82. The molecule has 0 unspecified atom stereocenters. The highest BCUT2D eigenvalue weighted by molar-refractivity contribution is 6.74. The largest absolute Gasteiger partial charge is 0.401 e. The van der Waals surface area contributed by atoms with Crippen LogP contribution in [0, 0.1) is 12.3 Å². The summed E-state index contributed by atoms with van der Waals surface area (Å²) in [6.45, 7) is 14.1. The van der Waals surface area contributed by atoms with E-state index in [0.29, 0.717) is 0 Å². The third-order valence-corrected chi connectivity index (χ3v) is 7.40. The molecular weight excluding hydrogens is 204 g/mol. The quantitative estimate of drug-likeness (QED) is 0.453. The Kier molecular flexibility index (Phi) is 4.79. The van der Waals surface area contributed by atoms with Crippen molar-refractivity contribution in [3.05, 3.63) is 12.7 Å². The predicted octanol–water partition coefficient (Wildman–Crippen LogP) is 2.56. The second-order valence-corrected chi connectivity index (χ2v) is 9.95. The topological polar surface area (TPSA) is 29.5 Å². The number of rotatable bonds is 4. The van der Waals surface area contributed by atoms with Gasteiger partial charge in [0.2, 0.25) is 0 Å². The van der Waals surface area contributed by atoms with Crippen LogP contribution in [0.3, 0.4) is 0 Å². The first kappa shape index (κ1) is 14.4. The molecule has 15 heavy (non-hydrogen) atoms. The van der Waals surface area contributed by atoms with E-state index < -0.39 is 20.5 Å². The van der Waals surface area contributed by atoms with Gasteiger partial charge >= 0.3 is 0 Å². The van der Waals surface area contributed by atoms with Crippen molar-refractivity contribution in [1.82, 2.24) is 0 Å². The molecule has 0 saturated heterocycles. The summed E-state index contributed by atoms with van der Waals surface area (Å²) >= 11 is 0. The van der Waals surface area contributed by atoms with Gasteiger partial charge in [0.25, 0.3) is 0 Å². The van der Waals surface area contributed by atoms with Crippen LogP contribution < -0.4 is 0 Å². The lowest BCUT2D eigenvalue weighted by Crippen LogP contribution is -2.46. The van der Waals surface area contributed by atoms with Gasteiger partial charge in [0.1, 0.15) is 12.2 Å². The highest BCUT2D eigenvalue weighted by Gasteiger charge is 2.39. The molecule has 0 aliphatic heterocycles. The van der Waals surface area contributed by atoms with E-state index in [4.69, 9.17) is 10.8 Å². The van der Waals surface area contributed by atoms with Crippen molar-refractivity contribution in [3.8, 4) is 12.3 Å². The molecule has 1 N–H and O–H groups in total. The fourth-order valence-corrected chi connectivity index (χ4v) is 2.02. The van der Waals surface area contributed by atoms with Gasteiger partial charge in [0, 0.05) is 0 Å². The van der Waals surface area contributed by atoms with Gasteiger partial charge in [-0.1, -0.05) is 32.8 Å². The summed E-state index contributed by atoms with van der Waals surface area (Å²) in [6, 6.07) is 0. The molecule has 86 valence electrons. The average molecular weight is 226 g/mol. The number of hydrogen-bond donors (Lipinski definition) is 1. The Balaban J connectivity index is 4.71. The number of hydrogen-bond acceptors (Lipinski definition) is 2. The molecule has 0 spiro atoms. The zero-order chi connectivity index (χ0) is 12.3. The lowest BCUT2D eigenvalue weighted by atomic mass is 10.2. The second kappa shape index (κ2) is 4.98. The van der Waals surface area contributed by atoms with E-state index in [1.165, 1.54) is 6.08 Å². The molecule has 0 aromatic rings. The molecule has 0 saturated carbocycles. The zero-order valence-electron chi connectivity index (χ0n) is 10.4. The summed E-state index contributed by atoms with van der Waals surface area (Å²) < 4.78 is 5.89. The monoisotopic (exact) mass is 226 g/mol. The van der Waals surface area contributed by atoms with Gasteiger partial charge < -0.3 is 9.53 Å². The molecule has 0 rings (SSSR count). The van der Waals surface area contributed by atoms with Crippen LogP contribution in [-0.2, 0) is 4.43 Å². The summed E-state index contributed by atoms with van der Waals surface area (Å²) in [4.78, 5) is 0. The van der Waals surface area contributed by atoms with Crippen molar-refractivity contribution in [2.75, 3.05) is 0 Å². The van der Waals surface area contributed by atoms with Crippen molar-refractivity contribution in [3.63, 3.8) is 0 Å². The summed E-state index contributed by atoms with van der Waals surface area (Å²) in [7, 11) is -1.92. The molecule has 0 fully saturated rings. The van der Waals surface area contributed by atoms with Crippen LogP contribution in [0.2, 0.25) is 18.1 Å². The Morgan fingerprint density at radius 1 is 1.47 bits per heavy atom. The highest BCUT2D eigenvalue weighted by Crippen LogP contribution is 2.37. The van der Waals surface area contributed by atoms with Crippen LogP contribution in [0.5, 0.6) is 0 Å². The summed E-state index contributed by atoms with van der Waals surface area (Å²) in [5, 5.41) is 9.67. The average Bonchev–Trinajstić information content (AvgIpc) is 2.11.